The zero-order valence-electron chi connectivity index (χ0n) is 12.2. The van der Waals surface area contributed by atoms with Gasteiger partial charge in [0.25, 0.3) is 0 Å². The molecular formula is C16H24ClFN2. The number of piperidine rings is 1. The Kier molecular flexibility index (Phi) is 6.27. The summed E-state index contributed by atoms with van der Waals surface area (Å²) in [7, 11) is 0. The third-order valence-electron chi connectivity index (χ3n) is 3.99. The summed E-state index contributed by atoms with van der Waals surface area (Å²) in [6.07, 6.45) is 4.95. The summed E-state index contributed by atoms with van der Waals surface area (Å²) in [6.45, 7) is 6.60. The number of rotatable bonds is 6. The number of unbranched alkanes of at least 4 members (excludes halogenated alkanes) is 1. The smallest absolute Gasteiger partial charge is 0.141 e. The molecule has 1 aromatic rings. The molecule has 1 aliphatic heterocycles. The maximum atomic E-state index is 13.1. The molecule has 0 atom stereocenters. The van der Waals surface area contributed by atoms with Crippen LogP contribution in [0.4, 0.5) is 4.39 Å². The zero-order valence-corrected chi connectivity index (χ0v) is 12.9. The number of nitrogens with one attached hydrogen (secondary N) is 1. The van der Waals surface area contributed by atoms with E-state index >= 15 is 0 Å². The molecule has 1 aromatic carbocycles. The van der Waals surface area contributed by atoms with Gasteiger partial charge in [0.15, 0.2) is 0 Å². The molecule has 1 saturated heterocycles. The SMILES string of the molecule is CCCCN1CCC(NCc2ccc(F)c(Cl)c2)CC1. The van der Waals surface area contributed by atoms with Crippen LogP contribution in [0.1, 0.15) is 38.2 Å². The van der Waals surface area contributed by atoms with Gasteiger partial charge in [-0.2, -0.15) is 0 Å². The lowest BCUT2D eigenvalue weighted by Crippen LogP contribution is -2.42. The Labute approximate surface area is 126 Å². The van der Waals surface area contributed by atoms with Crippen LogP contribution < -0.4 is 5.32 Å². The topological polar surface area (TPSA) is 15.3 Å². The molecule has 1 fully saturated rings. The normalized spacial score (nSPS) is 17.6. The van der Waals surface area contributed by atoms with Crippen LogP contribution in [0.3, 0.4) is 0 Å². The van der Waals surface area contributed by atoms with Crippen LogP contribution in [-0.4, -0.2) is 30.6 Å². The van der Waals surface area contributed by atoms with E-state index in [9.17, 15) is 4.39 Å². The Morgan fingerprint density at radius 2 is 2.10 bits per heavy atom. The molecule has 20 heavy (non-hydrogen) atoms. The first-order valence-electron chi connectivity index (χ1n) is 7.58. The molecule has 0 amide bonds. The minimum absolute atomic E-state index is 0.207. The standard InChI is InChI=1S/C16H24ClFN2/c1-2-3-8-20-9-6-14(7-10-20)19-12-13-4-5-16(18)15(17)11-13/h4-5,11,14,19H,2-3,6-10,12H2,1H3. The van der Waals surface area contributed by atoms with Crippen molar-refractivity contribution >= 4 is 11.6 Å². The summed E-state index contributed by atoms with van der Waals surface area (Å²) in [5, 5.41) is 3.76. The lowest BCUT2D eigenvalue weighted by Gasteiger charge is -2.32. The number of likely N-dealkylation sites (tertiary alicyclic amines) is 1. The van der Waals surface area contributed by atoms with Gasteiger partial charge in [-0.3, -0.25) is 0 Å². The molecule has 4 heteroatoms. The fourth-order valence-corrected chi connectivity index (χ4v) is 2.86. The number of hydrogen-bond donors (Lipinski definition) is 1. The maximum Gasteiger partial charge on any atom is 0.141 e. The van der Waals surface area contributed by atoms with Crippen molar-refractivity contribution in [2.75, 3.05) is 19.6 Å². The highest BCUT2D eigenvalue weighted by Gasteiger charge is 2.18. The molecule has 1 heterocycles. The van der Waals surface area contributed by atoms with Crippen LogP contribution in [0, 0.1) is 5.82 Å². The van der Waals surface area contributed by atoms with Crippen LogP contribution in [0.5, 0.6) is 0 Å². The second-order valence-corrected chi connectivity index (χ2v) is 6.01. The third-order valence-corrected chi connectivity index (χ3v) is 4.28. The van der Waals surface area contributed by atoms with E-state index < -0.39 is 0 Å². The molecule has 0 unspecified atom stereocenters. The largest absolute Gasteiger partial charge is 0.310 e. The summed E-state index contributed by atoms with van der Waals surface area (Å²) in [5.74, 6) is -0.348. The molecule has 2 nitrogen and oxygen atoms in total. The number of nitrogens with zero attached hydrogens (tertiary/aromatic N) is 1. The van der Waals surface area contributed by atoms with Gasteiger partial charge in [0, 0.05) is 12.6 Å². The van der Waals surface area contributed by atoms with Gasteiger partial charge in [0.05, 0.1) is 5.02 Å². The number of halogens is 2. The van der Waals surface area contributed by atoms with E-state index in [1.54, 1.807) is 12.1 Å². The van der Waals surface area contributed by atoms with Gasteiger partial charge in [-0.1, -0.05) is 31.0 Å². The van der Waals surface area contributed by atoms with Crippen molar-refractivity contribution < 1.29 is 4.39 Å². The fraction of sp³-hybridized carbons (Fsp3) is 0.625. The van der Waals surface area contributed by atoms with Crippen molar-refractivity contribution in [2.45, 2.75) is 45.2 Å². The van der Waals surface area contributed by atoms with Crippen LogP contribution in [0.25, 0.3) is 0 Å². The van der Waals surface area contributed by atoms with Gasteiger partial charge in [-0.25, -0.2) is 4.39 Å². The molecule has 0 radical (unpaired) electrons. The zero-order chi connectivity index (χ0) is 14.4. The molecular weight excluding hydrogens is 275 g/mol. The van der Waals surface area contributed by atoms with Crippen molar-refractivity contribution in [3.63, 3.8) is 0 Å². The molecule has 0 spiro atoms. The summed E-state index contributed by atoms with van der Waals surface area (Å²) >= 11 is 5.79. The Morgan fingerprint density at radius 3 is 2.75 bits per heavy atom. The highest BCUT2D eigenvalue weighted by molar-refractivity contribution is 6.30. The molecule has 0 bridgehead atoms. The van der Waals surface area contributed by atoms with Gasteiger partial charge in [0.1, 0.15) is 5.82 Å². The fourth-order valence-electron chi connectivity index (χ4n) is 2.65. The van der Waals surface area contributed by atoms with E-state index in [1.807, 2.05) is 0 Å². The first-order chi connectivity index (χ1) is 9.69. The van der Waals surface area contributed by atoms with Crippen molar-refractivity contribution in [3.8, 4) is 0 Å². The van der Waals surface area contributed by atoms with Gasteiger partial charge in [0.2, 0.25) is 0 Å². The van der Waals surface area contributed by atoms with Gasteiger partial charge in [-0.15, -0.1) is 0 Å². The number of benzene rings is 1. The monoisotopic (exact) mass is 298 g/mol. The van der Waals surface area contributed by atoms with Crippen molar-refractivity contribution in [1.82, 2.24) is 10.2 Å². The van der Waals surface area contributed by atoms with Crippen molar-refractivity contribution in [2.24, 2.45) is 0 Å². The third kappa shape index (κ3) is 4.72. The van der Waals surface area contributed by atoms with Crippen molar-refractivity contribution in [1.29, 1.82) is 0 Å². The van der Waals surface area contributed by atoms with Gasteiger partial charge < -0.3 is 10.2 Å². The average Bonchev–Trinajstić information content (AvgIpc) is 2.47. The Hall–Kier alpha value is -0.640. The molecule has 1 aliphatic rings. The number of hydrogen-bond acceptors (Lipinski definition) is 2. The summed E-state index contributed by atoms with van der Waals surface area (Å²) in [4.78, 5) is 2.55. The minimum Gasteiger partial charge on any atom is -0.310 e. The molecule has 0 aliphatic carbocycles. The summed E-state index contributed by atoms with van der Waals surface area (Å²) < 4.78 is 13.1. The van der Waals surface area contributed by atoms with Gasteiger partial charge in [-0.05, 0) is 56.6 Å². The second-order valence-electron chi connectivity index (χ2n) is 5.60. The Morgan fingerprint density at radius 1 is 1.35 bits per heavy atom. The van der Waals surface area contributed by atoms with Gasteiger partial charge >= 0.3 is 0 Å². The predicted molar refractivity (Wildman–Crippen MR) is 82.6 cm³/mol. The molecule has 1 N–H and O–H groups in total. The first-order valence-corrected chi connectivity index (χ1v) is 7.96. The Bertz CT molecular complexity index is 417. The second kappa shape index (κ2) is 7.96. The van der Waals surface area contributed by atoms with E-state index in [1.165, 1.54) is 51.4 Å². The summed E-state index contributed by atoms with van der Waals surface area (Å²) in [6, 6.07) is 5.51. The maximum absolute atomic E-state index is 13.1. The van der Waals surface area contributed by atoms with Crippen LogP contribution >= 0.6 is 11.6 Å². The van der Waals surface area contributed by atoms with E-state index in [2.05, 4.69) is 17.1 Å². The Balaban J connectivity index is 1.71. The quantitative estimate of drug-likeness (QED) is 0.858. The van der Waals surface area contributed by atoms with E-state index in [4.69, 9.17) is 11.6 Å². The van der Waals surface area contributed by atoms with E-state index in [0.717, 1.165) is 12.1 Å². The lowest BCUT2D eigenvalue weighted by atomic mass is 10.0. The highest BCUT2D eigenvalue weighted by atomic mass is 35.5. The van der Waals surface area contributed by atoms with E-state index in [0.29, 0.717) is 6.04 Å². The predicted octanol–water partition coefficient (Wildman–Crippen LogP) is 3.83. The van der Waals surface area contributed by atoms with Crippen LogP contribution in [0.2, 0.25) is 5.02 Å². The first kappa shape index (κ1) is 15.7. The highest BCUT2D eigenvalue weighted by Crippen LogP contribution is 2.17. The van der Waals surface area contributed by atoms with E-state index in [-0.39, 0.29) is 10.8 Å². The average molecular weight is 299 g/mol. The summed E-state index contributed by atoms with van der Waals surface area (Å²) in [5.41, 5.74) is 1.05. The van der Waals surface area contributed by atoms with Crippen LogP contribution in [-0.2, 0) is 6.54 Å². The molecule has 0 aromatic heterocycles. The van der Waals surface area contributed by atoms with Crippen molar-refractivity contribution in [3.05, 3.63) is 34.6 Å². The molecule has 112 valence electrons. The molecule has 0 saturated carbocycles. The lowest BCUT2D eigenvalue weighted by molar-refractivity contribution is 0.195. The minimum atomic E-state index is -0.348. The molecule has 2 rings (SSSR count). The van der Waals surface area contributed by atoms with Crippen LogP contribution in [0.15, 0.2) is 18.2 Å².